The van der Waals surface area contributed by atoms with Crippen molar-refractivity contribution in [3.05, 3.63) is 65.5 Å². The molecule has 0 fully saturated rings. The summed E-state index contributed by atoms with van der Waals surface area (Å²) in [5.41, 5.74) is 3.58. The Morgan fingerprint density at radius 3 is 2.56 bits per heavy atom. The fourth-order valence-corrected chi connectivity index (χ4v) is 2.74. The van der Waals surface area contributed by atoms with Gasteiger partial charge in [0.05, 0.1) is 12.2 Å². The van der Waals surface area contributed by atoms with E-state index in [1.54, 1.807) is 7.05 Å². The summed E-state index contributed by atoms with van der Waals surface area (Å²) in [6.07, 6.45) is 2.87. The van der Waals surface area contributed by atoms with E-state index in [-0.39, 0.29) is 24.0 Å². The zero-order chi connectivity index (χ0) is 18.8. The summed E-state index contributed by atoms with van der Waals surface area (Å²) in [6.45, 7) is 6.85. The van der Waals surface area contributed by atoms with Gasteiger partial charge in [-0.25, -0.2) is 0 Å². The highest BCUT2D eigenvalue weighted by Crippen LogP contribution is 2.08. The van der Waals surface area contributed by atoms with E-state index in [1.165, 1.54) is 11.1 Å². The monoisotopic (exact) mass is 481 g/mol. The van der Waals surface area contributed by atoms with Crippen LogP contribution >= 0.6 is 24.0 Å². The van der Waals surface area contributed by atoms with Crippen LogP contribution in [-0.2, 0) is 13.1 Å². The molecule has 0 bridgehead atoms. The van der Waals surface area contributed by atoms with Crippen LogP contribution in [0.1, 0.15) is 30.2 Å². The van der Waals surface area contributed by atoms with E-state index in [0.29, 0.717) is 12.6 Å². The van der Waals surface area contributed by atoms with Crippen LogP contribution in [0.2, 0.25) is 0 Å². The summed E-state index contributed by atoms with van der Waals surface area (Å²) in [7, 11) is 3.97. The minimum absolute atomic E-state index is 0. The Kier molecular flexibility index (Phi) is 11.0. The van der Waals surface area contributed by atoms with E-state index >= 15 is 0 Å². The van der Waals surface area contributed by atoms with Crippen molar-refractivity contribution in [3.8, 4) is 0 Å². The van der Waals surface area contributed by atoms with Gasteiger partial charge in [-0.05, 0) is 44.5 Å². The Bertz CT molecular complexity index is 690. The van der Waals surface area contributed by atoms with Gasteiger partial charge in [0.2, 0.25) is 0 Å². The number of aryl methyl sites for hydroxylation is 1. The van der Waals surface area contributed by atoms with E-state index in [2.05, 4.69) is 82.8 Å². The highest BCUT2D eigenvalue weighted by molar-refractivity contribution is 14.0. The van der Waals surface area contributed by atoms with Crippen molar-refractivity contribution in [2.75, 3.05) is 20.6 Å². The molecule has 0 aliphatic carbocycles. The molecule has 1 aromatic heterocycles. The molecule has 0 saturated carbocycles. The van der Waals surface area contributed by atoms with Crippen molar-refractivity contribution >= 4 is 29.9 Å². The highest BCUT2D eigenvalue weighted by Gasteiger charge is 2.10. The molecule has 2 aromatic rings. The van der Waals surface area contributed by atoms with Crippen LogP contribution in [0, 0.1) is 6.92 Å². The summed E-state index contributed by atoms with van der Waals surface area (Å²) in [5.74, 6) is 0.813. The lowest BCUT2D eigenvalue weighted by atomic mass is 10.1. The average molecular weight is 481 g/mol. The van der Waals surface area contributed by atoms with Gasteiger partial charge in [-0.2, -0.15) is 0 Å². The van der Waals surface area contributed by atoms with Crippen LogP contribution in [0.25, 0.3) is 0 Å². The molecule has 1 unspecified atom stereocenters. The third kappa shape index (κ3) is 8.26. The van der Waals surface area contributed by atoms with E-state index in [4.69, 9.17) is 0 Å². The third-order valence-corrected chi connectivity index (χ3v) is 4.65. The lowest BCUT2D eigenvalue weighted by molar-refractivity contribution is 0.238. The Balaban J connectivity index is 0.00000364. The second-order valence-corrected chi connectivity index (χ2v) is 6.66. The standard InChI is InChI=1S/C21H31N5.HI/c1-17-9-8-13-23-20(17)15-25-21(22-3)24-14-12-18(2)26(4)16-19-10-6-5-7-11-19;/h5-11,13,18H,12,14-16H2,1-4H3,(H2,22,24,25);1H. The zero-order valence-corrected chi connectivity index (χ0v) is 19.1. The van der Waals surface area contributed by atoms with Gasteiger partial charge in [-0.1, -0.05) is 36.4 Å². The SMILES string of the molecule is CN=C(NCCC(C)N(C)Cc1ccccc1)NCc1ncccc1C.I. The Labute approximate surface area is 180 Å². The average Bonchev–Trinajstić information content (AvgIpc) is 2.66. The molecule has 2 rings (SSSR count). The first-order chi connectivity index (χ1) is 12.6. The van der Waals surface area contributed by atoms with Crippen LogP contribution in [-0.4, -0.2) is 42.5 Å². The molecular weight excluding hydrogens is 449 g/mol. The van der Waals surface area contributed by atoms with Crippen molar-refractivity contribution in [3.63, 3.8) is 0 Å². The van der Waals surface area contributed by atoms with Crippen molar-refractivity contribution in [1.82, 2.24) is 20.5 Å². The molecule has 1 atom stereocenters. The number of aromatic nitrogens is 1. The Morgan fingerprint density at radius 2 is 1.89 bits per heavy atom. The molecule has 0 aliphatic heterocycles. The zero-order valence-electron chi connectivity index (χ0n) is 16.8. The molecule has 0 spiro atoms. The van der Waals surface area contributed by atoms with Gasteiger partial charge in [0.1, 0.15) is 0 Å². The first kappa shape index (κ1) is 23.4. The van der Waals surface area contributed by atoms with Gasteiger partial charge in [-0.3, -0.25) is 14.9 Å². The molecule has 6 heteroatoms. The lowest BCUT2D eigenvalue weighted by Crippen LogP contribution is -2.39. The minimum atomic E-state index is 0. The van der Waals surface area contributed by atoms with Crippen LogP contribution in [0.5, 0.6) is 0 Å². The number of nitrogens with zero attached hydrogens (tertiary/aromatic N) is 3. The summed E-state index contributed by atoms with van der Waals surface area (Å²) < 4.78 is 0. The molecular formula is C21H32IN5. The summed E-state index contributed by atoms with van der Waals surface area (Å²) in [6, 6.07) is 15.1. The second kappa shape index (κ2) is 12.7. The van der Waals surface area contributed by atoms with Gasteiger partial charge in [0.25, 0.3) is 0 Å². The van der Waals surface area contributed by atoms with E-state index in [1.807, 2.05) is 12.3 Å². The Hall–Kier alpha value is -1.67. The van der Waals surface area contributed by atoms with Gasteiger partial charge in [0.15, 0.2) is 5.96 Å². The molecule has 27 heavy (non-hydrogen) atoms. The van der Waals surface area contributed by atoms with E-state index < -0.39 is 0 Å². The first-order valence-electron chi connectivity index (χ1n) is 9.19. The van der Waals surface area contributed by atoms with Crippen LogP contribution in [0.15, 0.2) is 53.7 Å². The van der Waals surface area contributed by atoms with Gasteiger partial charge in [-0.15, -0.1) is 24.0 Å². The fourth-order valence-electron chi connectivity index (χ4n) is 2.74. The van der Waals surface area contributed by atoms with E-state index in [9.17, 15) is 0 Å². The highest BCUT2D eigenvalue weighted by atomic mass is 127. The van der Waals surface area contributed by atoms with Gasteiger partial charge >= 0.3 is 0 Å². The number of nitrogens with one attached hydrogen (secondary N) is 2. The van der Waals surface area contributed by atoms with E-state index in [0.717, 1.165) is 31.2 Å². The molecule has 5 nitrogen and oxygen atoms in total. The maximum atomic E-state index is 4.40. The largest absolute Gasteiger partial charge is 0.356 e. The maximum Gasteiger partial charge on any atom is 0.191 e. The number of pyridine rings is 1. The minimum Gasteiger partial charge on any atom is -0.356 e. The lowest BCUT2D eigenvalue weighted by Gasteiger charge is -2.25. The molecule has 0 saturated heterocycles. The number of hydrogen-bond donors (Lipinski definition) is 2. The van der Waals surface area contributed by atoms with Crippen molar-refractivity contribution in [2.45, 2.75) is 39.4 Å². The number of aliphatic imine (C=N–C) groups is 1. The quantitative estimate of drug-likeness (QED) is 0.344. The first-order valence-corrected chi connectivity index (χ1v) is 9.19. The summed E-state index contributed by atoms with van der Waals surface area (Å²) in [5, 5.41) is 6.73. The number of halogens is 1. The van der Waals surface area contributed by atoms with Crippen molar-refractivity contribution in [1.29, 1.82) is 0 Å². The fraction of sp³-hybridized carbons (Fsp3) is 0.429. The molecule has 0 radical (unpaired) electrons. The van der Waals surface area contributed by atoms with Crippen LogP contribution in [0.3, 0.4) is 0 Å². The topological polar surface area (TPSA) is 52.6 Å². The predicted molar refractivity (Wildman–Crippen MR) is 125 cm³/mol. The summed E-state index contributed by atoms with van der Waals surface area (Å²) >= 11 is 0. The van der Waals surface area contributed by atoms with Crippen LogP contribution < -0.4 is 10.6 Å². The molecule has 0 amide bonds. The number of rotatable bonds is 8. The second-order valence-electron chi connectivity index (χ2n) is 6.66. The molecule has 2 N–H and O–H groups in total. The normalized spacial score (nSPS) is 12.4. The Morgan fingerprint density at radius 1 is 1.15 bits per heavy atom. The van der Waals surface area contributed by atoms with Gasteiger partial charge in [0, 0.05) is 32.4 Å². The molecule has 1 heterocycles. The third-order valence-electron chi connectivity index (χ3n) is 4.65. The summed E-state index contributed by atoms with van der Waals surface area (Å²) in [4.78, 5) is 11.1. The molecule has 1 aromatic carbocycles. The smallest absolute Gasteiger partial charge is 0.191 e. The van der Waals surface area contributed by atoms with Gasteiger partial charge < -0.3 is 10.6 Å². The predicted octanol–water partition coefficient (Wildman–Crippen LogP) is 3.58. The maximum absolute atomic E-state index is 4.40. The number of guanidine groups is 1. The number of hydrogen-bond acceptors (Lipinski definition) is 3. The molecule has 148 valence electrons. The number of benzene rings is 1. The van der Waals surface area contributed by atoms with Crippen LogP contribution in [0.4, 0.5) is 0 Å². The molecule has 0 aliphatic rings. The van der Waals surface area contributed by atoms with Crippen molar-refractivity contribution < 1.29 is 0 Å². The van der Waals surface area contributed by atoms with Crippen molar-refractivity contribution in [2.24, 2.45) is 4.99 Å².